The van der Waals surface area contributed by atoms with Gasteiger partial charge in [0.05, 0.1) is 0 Å². The molecule has 138 valence electrons. The third-order valence-corrected chi connectivity index (χ3v) is 4.95. The molecule has 0 atom stereocenters. The number of thiazole rings is 1. The molecule has 0 spiro atoms. The first-order valence-electron chi connectivity index (χ1n) is 8.11. The van der Waals surface area contributed by atoms with Crippen LogP contribution in [-0.4, -0.2) is 61.0 Å². The van der Waals surface area contributed by atoms with E-state index >= 15 is 0 Å². The van der Waals surface area contributed by atoms with Gasteiger partial charge in [0.2, 0.25) is 11.8 Å². The molecule has 3 amide bonds. The number of amides is 3. The largest absolute Gasteiger partial charge is 0.372 e. The Labute approximate surface area is 149 Å². The summed E-state index contributed by atoms with van der Waals surface area (Å²) in [7, 11) is 1.67. The number of primary amides is 1. The van der Waals surface area contributed by atoms with Crippen molar-refractivity contribution < 1.29 is 19.1 Å². The first-order chi connectivity index (χ1) is 12.0. The van der Waals surface area contributed by atoms with Gasteiger partial charge in [-0.3, -0.25) is 14.4 Å². The van der Waals surface area contributed by atoms with Crippen LogP contribution in [0.1, 0.15) is 30.3 Å². The van der Waals surface area contributed by atoms with Crippen LogP contribution < -0.4 is 16.4 Å². The van der Waals surface area contributed by atoms with E-state index in [9.17, 15) is 14.4 Å². The van der Waals surface area contributed by atoms with Gasteiger partial charge in [0.15, 0.2) is 10.8 Å². The van der Waals surface area contributed by atoms with Gasteiger partial charge in [-0.05, 0) is 19.8 Å². The zero-order valence-electron chi connectivity index (χ0n) is 14.3. The molecule has 0 unspecified atom stereocenters. The number of aromatic nitrogens is 1. The summed E-state index contributed by atoms with van der Waals surface area (Å²) >= 11 is 1.16. The van der Waals surface area contributed by atoms with E-state index < -0.39 is 5.91 Å². The minimum Gasteiger partial charge on any atom is -0.372 e. The monoisotopic (exact) mass is 369 g/mol. The first kappa shape index (κ1) is 19.1. The maximum Gasteiger partial charge on any atom is 0.270 e. The lowest BCUT2D eigenvalue weighted by Crippen LogP contribution is -2.43. The lowest BCUT2D eigenvalue weighted by atomic mass is 9.96. The molecule has 2 heterocycles. The number of nitrogens with zero attached hydrogens (tertiary/aromatic N) is 2. The molecule has 1 fully saturated rings. The third-order valence-electron chi connectivity index (χ3n) is 3.96. The van der Waals surface area contributed by atoms with Crippen LogP contribution in [0.2, 0.25) is 0 Å². The van der Waals surface area contributed by atoms with Crippen molar-refractivity contribution in [2.45, 2.75) is 19.8 Å². The third kappa shape index (κ3) is 4.89. The van der Waals surface area contributed by atoms with Gasteiger partial charge in [-0.15, -0.1) is 0 Å². The van der Waals surface area contributed by atoms with Gasteiger partial charge in [-0.25, -0.2) is 4.98 Å². The van der Waals surface area contributed by atoms with Crippen molar-refractivity contribution in [1.29, 1.82) is 0 Å². The van der Waals surface area contributed by atoms with Gasteiger partial charge in [0, 0.05) is 32.7 Å². The Morgan fingerprint density at radius 1 is 1.36 bits per heavy atom. The predicted molar refractivity (Wildman–Crippen MR) is 94.6 cm³/mol. The standard InChI is InChI=1S/C15H23N5O4S/c1-3-24-8-10(21)20-6-4-9(5-7-20)13(23)19-14-11(12(16)22)18-15(17-2)25-14/h9H,3-8H2,1-2H3,(H2,16,22)(H,17,18)(H,19,23). The second-order valence-corrected chi connectivity index (χ2v) is 6.59. The van der Waals surface area contributed by atoms with Crippen LogP contribution in [0.4, 0.5) is 10.1 Å². The number of carbonyl (C=O) groups is 3. The summed E-state index contributed by atoms with van der Waals surface area (Å²) in [4.78, 5) is 41.6. The number of carbonyl (C=O) groups excluding carboxylic acids is 3. The molecule has 0 aromatic carbocycles. The minimum atomic E-state index is -0.690. The number of anilines is 2. The fourth-order valence-electron chi connectivity index (χ4n) is 2.56. The molecule has 1 aromatic rings. The zero-order chi connectivity index (χ0) is 18.4. The molecule has 1 aliphatic rings. The van der Waals surface area contributed by atoms with Crippen LogP contribution in [0.3, 0.4) is 0 Å². The second kappa shape index (κ2) is 8.77. The number of rotatable bonds is 7. The van der Waals surface area contributed by atoms with Crippen molar-refractivity contribution in [2.75, 3.05) is 44.0 Å². The molecular formula is C15H23N5O4S. The molecule has 1 saturated heterocycles. The summed E-state index contributed by atoms with van der Waals surface area (Å²) in [6.45, 7) is 3.43. The molecule has 10 heteroatoms. The Balaban J connectivity index is 1.92. The number of likely N-dealkylation sites (tertiary alicyclic amines) is 1. The SMILES string of the molecule is CCOCC(=O)N1CCC(C(=O)Nc2sc(NC)nc2C(N)=O)CC1. The molecule has 0 aliphatic carbocycles. The summed E-state index contributed by atoms with van der Waals surface area (Å²) in [5.41, 5.74) is 5.35. The molecule has 9 nitrogen and oxygen atoms in total. The van der Waals surface area contributed by atoms with E-state index in [-0.39, 0.29) is 30.0 Å². The predicted octanol–water partition coefficient (Wildman–Crippen LogP) is 0.497. The highest BCUT2D eigenvalue weighted by Crippen LogP contribution is 2.29. The van der Waals surface area contributed by atoms with Crippen molar-refractivity contribution in [3.05, 3.63) is 5.69 Å². The Morgan fingerprint density at radius 2 is 2.04 bits per heavy atom. The normalized spacial score (nSPS) is 15.0. The van der Waals surface area contributed by atoms with E-state index in [2.05, 4.69) is 15.6 Å². The summed E-state index contributed by atoms with van der Waals surface area (Å²) < 4.78 is 5.12. The van der Waals surface area contributed by atoms with Crippen LogP contribution in [-0.2, 0) is 14.3 Å². The van der Waals surface area contributed by atoms with Gasteiger partial charge < -0.3 is 26.0 Å². The van der Waals surface area contributed by atoms with Gasteiger partial charge in [0.1, 0.15) is 11.6 Å². The van der Waals surface area contributed by atoms with Crippen molar-refractivity contribution in [1.82, 2.24) is 9.88 Å². The van der Waals surface area contributed by atoms with Gasteiger partial charge in [0.25, 0.3) is 5.91 Å². The van der Waals surface area contributed by atoms with Gasteiger partial charge in [-0.1, -0.05) is 11.3 Å². The van der Waals surface area contributed by atoms with E-state index in [0.29, 0.717) is 42.7 Å². The number of hydrogen-bond acceptors (Lipinski definition) is 7. The minimum absolute atomic E-state index is 0.0482. The number of piperidine rings is 1. The highest BCUT2D eigenvalue weighted by atomic mass is 32.1. The lowest BCUT2D eigenvalue weighted by molar-refractivity contribution is -0.138. The maximum atomic E-state index is 12.5. The molecule has 0 radical (unpaired) electrons. The number of nitrogens with one attached hydrogen (secondary N) is 2. The fourth-order valence-corrected chi connectivity index (χ4v) is 3.39. The summed E-state index contributed by atoms with van der Waals surface area (Å²) in [5.74, 6) is -1.16. The van der Waals surface area contributed by atoms with E-state index in [1.54, 1.807) is 11.9 Å². The van der Waals surface area contributed by atoms with Crippen molar-refractivity contribution in [3.63, 3.8) is 0 Å². The van der Waals surface area contributed by atoms with Crippen LogP contribution in [0, 0.1) is 5.92 Å². The second-order valence-electron chi connectivity index (χ2n) is 5.59. The summed E-state index contributed by atoms with van der Waals surface area (Å²) in [5, 5.41) is 6.41. The lowest BCUT2D eigenvalue weighted by Gasteiger charge is -2.31. The smallest absolute Gasteiger partial charge is 0.270 e. The van der Waals surface area contributed by atoms with Crippen molar-refractivity contribution in [3.8, 4) is 0 Å². The molecule has 25 heavy (non-hydrogen) atoms. The number of hydrogen-bond donors (Lipinski definition) is 3. The van der Waals surface area contributed by atoms with Crippen molar-refractivity contribution >= 4 is 39.2 Å². The molecule has 1 aromatic heterocycles. The van der Waals surface area contributed by atoms with Crippen LogP contribution in [0.15, 0.2) is 0 Å². The Hall–Kier alpha value is -2.20. The number of nitrogens with two attached hydrogens (primary N) is 1. The molecule has 2 rings (SSSR count). The molecule has 4 N–H and O–H groups in total. The Bertz CT molecular complexity index is 640. The quantitative estimate of drug-likeness (QED) is 0.642. The Kier molecular flexibility index (Phi) is 6.71. The Morgan fingerprint density at radius 3 is 2.60 bits per heavy atom. The maximum absolute atomic E-state index is 12.5. The first-order valence-corrected chi connectivity index (χ1v) is 8.92. The van der Waals surface area contributed by atoms with Crippen molar-refractivity contribution in [2.24, 2.45) is 11.7 Å². The zero-order valence-corrected chi connectivity index (χ0v) is 15.1. The molecule has 1 aliphatic heterocycles. The highest BCUT2D eigenvalue weighted by Gasteiger charge is 2.28. The van der Waals surface area contributed by atoms with E-state index in [4.69, 9.17) is 10.5 Å². The van der Waals surface area contributed by atoms with Crippen LogP contribution in [0.5, 0.6) is 0 Å². The molecular weight excluding hydrogens is 346 g/mol. The van der Waals surface area contributed by atoms with Gasteiger partial charge >= 0.3 is 0 Å². The van der Waals surface area contributed by atoms with E-state index in [1.165, 1.54) is 0 Å². The average Bonchev–Trinajstić information content (AvgIpc) is 3.03. The average molecular weight is 369 g/mol. The summed E-state index contributed by atoms with van der Waals surface area (Å²) in [6.07, 6.45) is 1.13. The topological polar surface area (TPSA) is 127 Å². The van der Waals surface area contributed by atoms with Crippen LogP contribution >= 0.6 is 11.3 Å². The molecule has 0 saturated carbocycles. The highest BCUT2D eigenvalue weighted by molar-refractivity contribution is 7.20. The van der Waals surface area contributed by atoms with E-state index in [1.807, 2.05) is 6.92 Å². The molecule has 0 bridgehead atoms. The van der Waals surface area contributed by atoms with E-state index in [0.717, 1.165) is 11.3 Å². The van der Waals surface area contributed by atoms with Crippen LogP contribution in [0.25, 0.3) is 0 Å². The number of ether oxygens (including phenoxy) is 1. The fraction of sp³-hybridized carbons (Fsp3) is 0.600. The van der Waals surface area contributed by atoms with Gasteiger partial charge in [-0.2, -0.15) is 0 Å². The summed E-state index contributed by atoms with van der Waals surface area (Å²) in [6, 6.07) is 0.